The Hall–Kier alpha value is -2.63. The van der Waals surface area contributed by atoms with Gasteiger partial charge in [0, 0.05) is 11.8 Å². The molecule has 1 atom stereocenters. The summed E-state index contributed by atoms with van der Waals surface area (Å²) in [7, 11) is 0. The van der Waals surface area contributed by atoms with Crippen molar-refractivity contribution < 1.29 is 9.21 Å². The molecule has 0 fully saturated rings. The van der Waals surface area contributed by atoms with E-state index in [1.165, 1.54) is 6.33 Å². The monoisotopic (exact) mass is 284 g/mol. The second-order valence-corrected chi connectivity index (χ2v) is 5.06. The maximum absolute atomic E-state index is 12.2. The topological polar surface area (TPSA) is 73.0 Å². The summed E-state index contributed by atoms with van der Waals surface area (Å²) in [6.45, 7) is 3.81. The van der Waals surface area contributed by atoms with Gasteiger partial charge in [-0.3, -0.25) is 4.79 Å². The van der Waals surface area contributed by atoms with E-state index < -0.39 is 0 Å². The molecular formula is C15H16N4O2. The molecule has 0 saturated carbocycles. The number of hydrogen-bond acceptors (Lipinski definition) is 4. The van der Waals surface area contributed by atoms with Crippen LogP contribution in [0.15, 0.2) is 41.3 Å². The van der Waals surface area contributed by atoms with Gasteiger partial charge in [0.25, 0.3) is 0 Å². The molecule has 0 aliphatic rings. The quantitative estimate of drug-likeness (QED) is 0.799. The van der Waals surface area contributed by atoms with Crippen LogP contribution in [0.5, 0.6) is 0 Å². The molecule has 2 heterocycles. The zero-order chi connectivity index (χ0) is 14.8. The third-order valence-corrected chi connectivity index (χ3v) is 3.31. The van der Waals surface area contributed by atoms with Crippen molar-refractivity contribution in [3.05, 3.63) is 42.7 Å². The lowest BCUT2D eigenvalue weighted by Crippen LogP contribution is -2.18. The van der Waals surface area contributed by atoms with Crippen LogP contribution in [-0.2, 0) is 4.79 Å². The first-order valence-corrected chi connectivity index (χ1v) is 6.76. The van der Waals surface area contributed by atoms with Gasteiger partial charge >= 0.3 is 0 Å². The van der Waals surface area contributed by atoms with Crippen LogP contribution in [0.1, 0.15) is 25.1 Å². The van der Waals surface area contributed by atoms with Gasteiger partial charge in [-0.15, -0.1) is 0 Å². The van der Waals surface area contributed by atoms with E-state index in [9.17, 15) is 4.79 Å². The van der Waals surface area contributed by atoms with Crippen molar-refractivity contribution >= 4 is 22.6 Å². The van der Waals surface area contributed by atoms with Crippen LogP contribution in [0.2, 0.25) is 0 Å². The Morgan fingerprint density at radius 2 is 2.33 bits per heavy atom. The molecular weight excluding hydrogens is 268 g/mol. The van der Waals surface area contributed by atoms with Crippen molar-refractivity contribution in [3.63, 3.8) is 0 Å². The number of carbonyl (C=O) groups excluding carboxylic acids is 1. The molecule has 21 heavy (non-hydrogen) atoms. The fraction of sp³-hybridized carbons (Fsp3) is 0.267. The Morgan fingerprint density at radius 1 is 1.48 bits per heavy atom. The van der Waals surface area contributed by atoms with Gasteiger partial charge < -0.3 is 9.73 Å². The van der Waals surface area contributed by atoms with Crippen molar-refractivity contribution in [3.8, 4) is 0 Å². The number of anilines is 1. The summed E-state index contributed by atoms with van der Waals surface area (Å²) in [5, 5.41) is 7.91. The predicted octanol–water partition coefficient (Wildman–Crippen LogP) is 2.92. The summed E-state index contributed by atoms with van der Waals surface area (Å²) in [6, 6.07) is 7.59. The summed E-state index contributed by atoms with van der Waals surface area (Å²) < 4.78 is 7.30. The first kappa shape index (κ1) is 13.4. The van der Waals surface area contributed by atoms with Gasteiger partial charge in [0.1, 0.15) is 18.4 Å². The largest absolute Gasteiger partial charge is 0.459 e. The van der Waals surface area contributed by atoms with Crippen molar-refractivity contribution in [2.45, 2.75) is 26.3 Å². The number of aromatic nitrogens is 3. The van der Waals surface area contributed by atoms with Crippen molar-refractivity contribution in [2.75, 3.05) is 5.32 Å². The van der Waals surface area contributed by atoms with E-state index in [0.717, 1.165) is 11.1 Å². The van der Waals surface area contributed by atoms with Gasteiger partial charge in [0.15, 0.2) is 5.58 Å². The van der Waals surface area contributed by atoms with Crippen LogP contribution in [-0.4, -0.2) is 20.7 Å². The van der Waals surface area contributed by atoms with Gasteiger partial charge in [-0.2, -0.15) is 5.10 Å². The maximum atomic E-state index is 12.2. The van der Waals surface area contributed by atoms with E-state index in [1.807, 2.05) is 38.1 Å². The second kappa shape index (κ2) is 5.40. The van der Waals surface area contributed by atoms with Gasteiger partial charge in [-0.25, -0.2) is 9.67 Å². The normalized spacial score (nSPS) is 12.5. The second-order valence-electron chi connectivity index (χ2n) is 5.06. The average Bonchev–Trinajstić information content (AvgIpc) is 3.06. The lowest BCUT2D eigenvalue weighted by Gasteiger charge is -2.11. The summed E-state index contributed by atoms with van der Waals surface area (Å²) in [6.07, 6.45) is 3.38. The number of nitrogens with one attached hydrogen (secondary N) is 1. The molecule has 2 aromatic heterocycles. The average molecular weight is 284 g/mol. The molecule has 3 aromatic rings. The highest BCUT2D eigenvalue weighted by atomic mass is 16.3. The highest BCUT2D eigenvalue weighted by Crippen LogP contribution is 2.26. The zero-order valence-electron chi connectivity index (χ0n) is 11.9. The van der Waals surface area contributed by atoms with Crippen molar-refractivity contribution in [1.82, 2.24) is 14.8 Å². The van der Waals surface area contributed by atoms with E-state index in [-0.39, 0.29) is 11.9 Å². The van der Waals surface area contributed by atoms with E-state index in [4.69, 9.17) is 4.42 Å². The molecule has 3 rings (SSSR count). The van der Waals surface area contributed by atoms with Crippen LogP contribution in [0.25, 0.3) is 11.0 Å². The molecule has 6 heteroatoms. The van der Waals surface area contributed by atoms with Gasteiger partial charge in [-0.05, 0) is 26.0 Å². The molecule has 108 valence electrons. The van der Waals surface area contributed by atoms with Crippen molar-refractivity contribution in [1.29, 1.82) is 0 Å². The minimum atomic E-state index is -0.0837. The number of carbonyl (C=O) groups is 1. The molecule has 0 saturated heterocycles. The van der Waals surface area contributed by atoms with Crippen LogP contribution in [0, 0.1) is 6.92 Å². The lowest BCUT2D eigenvalue weighted by atomic mass is 10.2. The number of hydrogen-bond donors (Lipinski definition) is 1. The van der Waals surface area contributed by atoms with Crippen LogP contribution in [0.4, 0.5) is 5.69 Å². The first-order chi connectivity index (χ1) is 10.1. The Labute approximate surface area is 121 Å². The molecule has 0 aliphatic carbocycles. The number of furan rings is 1. The standard InChI is InChI=1S/C15H16N4O2/c1-10(19-9-16-8-17-19)6-14(20)18-13-5-3-4-12-7-11(2)21-15(12)13/h3-5,7-10H,6H2,1-2H3,(H,18,20)/t10-/m1/s1. The number of nitrogens with zero attached hydrogens (tertiary/aromatic N) is 3. The molecule has 0 bridgehead atoms. The highest BCUT2D eigenvalue weighted by molar-refractivity contribution is 5.99. The Kier molecular flexibility index (Phi) is 3.43. The molecule has 0 spiro atoms. The minimum absolute atomic E-state index is 0.0509. The van der Waals surface area contributed by atoms with E-state index >= 15 is 0 Å². The number of para-hydroxylation sites is 1. The number of aryl methyl sites for hydroxylation is 1. The predicted molar refractivity (Wildman–Crippen MR) is 78.9 cm³/mol. The molecule has 0 unspecified atom stereocenters. The summed E-state index contributed by atoms with van der Waals surface area (Å²) >= 11 is 0. The van der Waals surface area contributed by atoms with Gasteiger partial charge in [-0.1, -0.05) is 12.1 Å². The minimum Gasteiger partial charge on any atom is -0.459 e. The van der Waals surface area contributed by atoms with Crippen LogP contribution >= 0.6 is 0 Å². The molecule has 1 amide bonds. The van der Waals surface area contributed by atoms with E-state index in [1.54, 1.807) is 11.0 Å². The maximum Gasteiger partial charge on any atom is 0.226 e. The fourth-order valence-electron chi connectivity index (χ4n) is 2.30. The SMILES string of the molecule is Cc1cc2cccc(NC(=O)C[C@@H](C)n3cncn3)c2o1. The van der Waals surface area contributed by atoms with Gasteiger partial charge in [0.2, 0.25) is 5.91 Å². The number of fused-ring (bicyclic) bond motifs is 1. The third kappa shape index (κ3) is 2.79. The van der Waals surface area contributed by atoms with Gasteiger partial charge in [0.05, 0.1) is 11.7 Å². The van der Waals surface area contributed by atoms with E-state index in [0.29, 0.717) is 17.7 Å². The lowest BCUT2D eigenvalue weighted by molar-refractivity contribution is -0.116. The molecule has 0 aliphatic heterocycles. The van der Waals surface area contributed by atoms with Crippen LogP contribution in [0.3, 0.4) is 0 Å². The number of amides is 1. The number of benzene rings is 1. The summed E-state index contributed by atoms with van der Waals surface area (Å²) in [4.78, 5) is 16.0. The smallest absolute Gasteiger partial charge is 0.226 e. The fourth-order valence-corrected chi connectivity index (χ4v) is 2.30. The van der Waals surface area contributed by atoms with Crippen LogP contribution < -0.4 is 5.32 Å². The highest BCUT2D eigenvalue weighted by Gasteiger charge is 2.14. The molecule has 0 radical (unpaired) electrons. The molecule has 1 N–H and O–H groups in total. The van der Waals surface area contributed by atoms with E-state index in [2.05, 4.69) is 15.4 Å². The Balaban J connectivity index is 1.74. The molecule has 1 aromatic carbocycles. The van der Waals surface area contributed by atoms with Crippen molar-refractivity contribution in [2.24, 2.45) is 0 Å². The summed E-state index contributed by atoms with van der Waals surface area (Å²) in [5.41, 5.74) is 1.40. The Bertz CT molecular complexity index is 761. The molecule has 6 nitrogen and oxygen atoms in total. The Morgan fingerprint density at radius 3 is 3.10 bits per heavy atom. The third-order valence-electron chi connectivity index (χ3n) is 3.31. The first-order valence-electron chi connectivity index (χ1n) is 6.76. The number of rotatable bonds is 4. The zero-order valence-corrected chi connectivity index (χ0v) is 11.9. The summed E-state index contributed by atoms with van der Waals surface area (Å²) in [5.74, 6) is 0.738.